The summed E-state index contributed by atoms with van der Waals surface area (Å²) in [5.41, 5.74) is 0. The van der Waals surface area contributed by atoms with Crippen molar-refractivity contribution in [3.05, 3.63) is 0 Å². The smallest absolute Gasteiger partial charge is 0.306 e. The van der Waals surface area contributed by atoms with Crippen LogP contribution in [0.3, 0.4) is 0 Å². The third kappa shape index (κ3) is 5.11. The van der Waals surface area contributed by atoms with Crippen molar-refractivity contribution in [2.75, 3.05) is 19.7 Å². The molecule has 1 N–H and O–H groups in total. The topological polar surface area (TPSA) is 38.3 Å². The molecule has 0 spiro atoms. The van der Waals surface area contributed by atoms with Gasteiger partial charge < -0.3 is 10.1 Å². The quantitative estimate of drug-likeness (QED) is 0.711. The van der Waals surface area contributed by atoms with Crippen LogP contribution >= 0.6 is 12.4 Å². The molecule has 4 heteroatoms. The van der Waals surface area contributed by atoms with E-state index in [1.807, 2.05) is 6.92 Å². The Labute approximate surface area is 85.6 Å². The first kappa shape index (κ1) is 12.7. The highest BCUT2D eigenvalue weighted by Gasteiger charge is 2.16. The third-order valence-corrected chi connectivity index (χ3v) is 2.16. The summed E-state index contributed by atoms with van der Waals surface area (Å²) in [6.07, 6.45) is 2.93. The number of nitrogens with one attached hydrogen (secondary N) is 1. The number of esters is 1. The molecule has 1 atom stereocenters. The highest BCUT2D eigenvalue weighted by Crippen LogP contribution is 2.14. The van der Waals surface area contributed by atoms with E-state index in [4.69, 9.17) is 4.74 Å². The number of halogens is 1. The molecule has 0 aromatic carbocycles. The summed E-state index contributed by atoms with van der Waals surface area (Å²) in [5.74, 6) is 0.448. The van der Waals surface area contributed by atoms with Gasteiger partial charge in [0.05, 0.1) is 6.61 Å². The van der Waals surface area contributed by atoms with Crippen LogP contribution in [0.4, 0.5) is 0 Å². The van der Waals surface area contributed by atoms with Crippen molar-refractivity contribution in [3.8, 4) is 0 Å². The van der Waals surface area contributed by atoms with Crippen molar-refractivity contribution < 1.29 is 9.53 Å². The summed E-state index contributed by atoms with van der Waals surface area (Å²) in [5, 5.41) is 3.27. The summed E-state index contributed by atoms with van der Waals surface area (Å²) in [6.45, 7) is 4.41. The second-order valence-electron chi connectivity index (χ2n) is 3.22. The zero-order valence-corrected chi connectivity index (χ0v) is 8.86. The lowest BCUT2D eigenvalue weighted by Crippen LogP contribution is -2.31. The minimum Gasteiger partial charge on any atom is -0.466 e. The summed E-state index contributed by atoms with van der Waals surface area (Å²) in [6, 6.07) is 0. The molecule has 1 unspecified atom stereocenters. The highest BCUT2D eigenvalue weighted by atomic mass is 35.5. The molecule has 1 saturated heterocycles. The molecule has 0 amide bonds. The molecular formula is C9H18ClNO2. The Balaban J connectivity index is 0.00000144. The largest absolute Gasteiger partial charge is 0.466 e. The molecule has 1 fully saturated rings. The lowest BCUT2D eigenvalue weighted by molar-refractivity contribution is -0.144. The normalized spacial score (nSPS) is 21.8. The molecule has 78 valence electrons. The maximum atomic E-state index is 11.1. The van der Waals surface area contributed by atoms with Crippen molar-refractivity contribution >= 4 is 18.4 Å². The van der Waals surface area contributed by atoms with Gasteiger partial charge in [-0.2, -0.15) is 0 Å². The molecule has 0 aromatic rings. The average molecular weight is 208 g/mol. The highest BCUT2D eigenvalue weighted by molar-refractivity contribution is 5.85. The fourth-order valence-electron chi connectivity index (χ4n) is 1.55. The first-order chi connectivity index (χ1) is 5.83. The van der Waals surface area contributed by atoms with Crippen molar-refractivity contribution in [1.29, 1.82) is 0 Å². The molecule has 3 nitrogen and oxygen atoms in total. The number of rotatable bonds is 3. The lowest BCUT2D eigenvalue weighted by atomic mass is 9.96. The van der Waals surface area contributed by atoms with Gasteiger partial charge in [0.1, 0.15) is 0 Å². The summed E-state index contributed by atoms with van der Waals surface area (Å²) in [4.78, 5) is 11.1. The molecule has 0 aliphatic carbocycles. The van der Waals surface area contributed by atoms with Crippen LogP contribution < -0.4 is 5.32 Å². The van der Waals surface area contributed by atoms with E-state index in [1.54, 1.807) is 0 Å². The van der Waals surface area contributed by atoms with Crippen LogP contribution in [0.25, 0.3) is 0 Å². The summed E-state index contributed by atoms with van der Waals surface area (Å²) < 4.78 is 4.88. The van der Waals surface area contributed by atoms with E-state index < -0.39 is 0 Å². The van der Waals surface area contributed by atoms with Crippen molar-refractivity contribution in [3.63, 3.8) is 0 Å². The number of piperidine rings is 1. The zero-order valence-electron chi connectivity index (χ0n) is 8.04. The van der Waals surface area contributed by atoms with Gasteiger partial charge in [0.15, 0.2) is 0 Å². The van der Waals surface area contributed by atoms with E-state index in [2.05, 4.69) is 5.32 Å². The Hall–Kier alpha value is -0.280. The van der Waals surface area contributed by atoms with Crippen molar-refractivity contribution in [1.82, 2.24) is 5.32 Å². The number of hydrogen-bond donors (Lipinski definition) is 1. The first-order valence-corrected chi connectivity index (χ1v) is 4.69. The molecule has 13 heavy (non-hydrogen) atoms. The molecule has 0 aromatic heterocycles. The van der Waals surface area contributed by atoms with E-state index in [0.717, 1.165) is 19.5 Å². The molecule has 0 saturated carbocycles. The van der Waals surface area contributed by atoms with E-state index in [9.17, 15) is 4.79 Å². The Morgan fingerprint density at radius 3 is 2.92 bits per heavy atom. The van der Waals surface area contributed by atoms with Gasteiger partial charge in [-0.15, -0.1) is 12.4 Å². The maximum Gasteiger partial charge on any atom is 0.306 e. The van der Waals surface area contributed by atoms with Gasteiger partial charge in [-0.1, -0.05) is 0 Å². The van der Waals surface area contributed by atoms with Gasteiger partial charge >= 0.3 is 5.97 Å². The molecule has 0 bridgehead atoms. The van der Waals surface area contributed by atoms with Gasteiger partial charge in [0.2, 0.25) is 0 Å². The number of hydrogen-bond acceptors (Lipinski definition) is 3. The molecule has 1 aliphatic rings. The molecule has 0 radical (unpaired) electrons. The fourth-order valence-corrected chi connectivity index (χ4v) is 1.55. The molecular weight excluding hydrogens is 190 g/mol. The van der Waals surface area contributed by atoms with Crippen LogP contribution in [0.5, 0.6) is 0 Å². The number of ether oxygens (including phenoxy) is 1. The summed E-state index contributed by atoms with van der Waals surface area (Å²) in [7, 11) is 0. The van der Waals surface area contributed by atoms with Crippen LogP contribution in [-0.2, 0) is 9.53 Å². The zero-order chi connectivity index (χ0) is 8.81. The van der Waals surface area contributed by atoms with Gasteiger partial charge in [0, 0.05) is 6.42 Å². The second kappa shape index (κ2) is 7.15. The van der Waals surface area contributed by atoms with Gasteiger partial charge in [-0.05, 0) is 38.8 Å². The van der Waals surface area contributed by atoms with Crippen LogP contribution in [0, 0.1) is 5.92 Å². The monoisotopic (exact) mass is 207 g/mol. The standard InChI is InChI=1S/C9H17NO2.ClH/c1-2-12-9(11)6-8-4-3-5-10-7-8;/h8,10H,2-7H2,1H3;1H. The van der Waals surface area contributed by atoms with Gasteiger partial charge in [-0.3, -0.25) is 4.79 Å². The van der Waals surface area contributed by atoms with Crippen molar-refractivity contribution in [2.45, 2.75) is 26.2 Å². The Kier molecular flexibility index (Phi) is 7.00. The van der Waals surface area contributed by atoms with E-state index in [-0.39, 0.29) is 18.4 Å². The Bertz CT molecular complexity index is 147. The third-order valence-electron chi connectivity index (χ3n) is 2.16. The van der Waals surface area contributed by atoms with Crippen LogP contribution in [-0.4, -0.2) is 25.7 Å². The fraction of sp³-hybridized carbons (Fsp3) is 0.889. The predicted molar refractivity (Wildman–Crippen MR) is 54.1 cm³/mol. The SMILES string of the molecule is CCOC(=O)CC1CCCNC1.Cl. The first-order valence-electron chi connectivity index (χ1n) is 4.69. The van der Waals surface area contributed by atoms with E-state index >= 15 is 0 Å². The predicted octanol–water partition coefficient (Wildman–Crippen LogP) is 1.36. The van der Waals surface area contributed by atoms with Crippen LogP contribution in [0.15, 0.2) is 0 Å². The minimum absolute atomic E-state index is 0. The average Bonchev–Trinajstić information content (AvgIpc) is 2.06. The molecule has 1 aliphatic heterocycles. The summed E-state index contributed by atoms with van der Waals surface area (Å²) >= 11 is 0. The Morgan fingerprint density at radius 2 is 2.38 bits per heavy atom. The second-order valence-corrected chi connectivity index (χ2v) is 3.22. The van der Waals surface area contributed by atoms with Crippen molar-refractivity contribution in [2.24, 2.45) is 5.92 Å². The van der Waals surface area contributed by atoms with Gasteiger partial charge in [0.25, 0.3) is 0 Å². The van der Waals surface area contributed by atoms with Crippen LogP contribution in [0.1, 0.15) is 26.2 Å². The van der Waals surface area contributed by atoms with E-state index in [0.29, 0.717) is 18.9 Å². The maximum absolute atomic E-state index is 11.1. The van der Waals surface area contributed by atoms with E-state index in [1.165, 1.54) is 6.42 Å². The van der Waals surface area contributed by atoms with Crippen LogP contribution in [0.2, 0.25) is 0 Å². The number of carbonyl (C=O) groups excluding carboxylic acids is 1. The molecule has 1 rings (SSSR count). The van der Waals surface area contributed by atoms with Gasteiger partial charge in [-0.25, -0.2) is 0 Å². The Morgan fingerprint density at radius 1 is 1.62 bits per heavy atom. The number of carbonyl (C=O) groups is 1. The minimum atomic E-state index is -0.0498. The lowest BCUT2D eigenvalue weighted by Gasteiger charge is -2.21. The molecule has 1 heterocycles.